The highest BCUT2D eigenvalue weighted by Crippen LogP contribution is 2.12. The van der Waals surface area contributed by atoms with E-state index in [1.165, 1.54) is 56.9 Å². The maximum Gasteiger partial charge on any atom is 0.0213 e. The van der Waals surface area contributed by atoms with Crippen LogP contribution in [0, 0.1) is 0 Å². The van der Waals surface area contributed by atoms with E-state index in [-0.39, 0.29) is 0 Å². The zero-order valence-corrected chi connectivity index (χ0v) is 13.1. The third-order valence-electron chi connectivity index (χ3n) is 4.02. The molecule has 3 N–H and O–H groups in total. The van der Waals surface area contributed by atoms with Gasteiger partial charge in [-0.3, -0.25) is 11.3 Å². The molecule has 2 nitrogen and oxygen atoms in total. The van der Waals surface area contributed by atoms with Gasteiger partial charge in [-0.2, -0.15) is 0 Å². The van der Waals surface area contributed by atoms with Crippen molar-refractivity contribution in [3.63, 3.8) is 0 Å². The summed E-state index contributed by atoms with van der Waals surface area (Å²) in [5, 5.41) is 0. The minimum atomic E-state index is 0.464. The Labute approximate surface area is 125 Å². The van der Waals surface area contributed by atoms with Gasteiger partial charge in [-0.25, -0.2) is 0 Å². The molecule has 1 atom stereocenters. The highest BCUT2D eigenvalue weighted by atomic mass is 15.2. The monoisotopic (exact) mass is 276 g/mol. The molecule has 0 aromatic heterocycles. The largest absolute Gasteiger partial charge is 0.271 e. The van der Waals surface area contributed by atoms with E-state index in [9.17, 15) is 0 Å². The smallest absolute Gasteiger partial charge is 0.0213 e. The minimum absolute atomic E-state index is 0.464. The highest BCUT2D eigenvalue weighted by molar-refractivity contribution is 5.14. The van der Waals surface area contributed by atoms with Crippen molar-refractivity contribution in [1.82, 2.24) is 5.43 Å². The van der Waals surface area contributed by atoms with Crippen LogP contribution in [0.3, 0.4) is 0 Å². The lowest BCUT2D eigenvalue weighted by molar-refractivity contribution is 0.438. The van der Waals surface area contributed by atoms with Gasteiger partial charge in [-0.15, -0.1) is 0 Å². The van der Waals surface area contributed by atoms with Gasteiger partial charge < -0.3 is 0 Å². The predicted octanol–water partition coefficient (Wildman–Crippen LogP) is 4.59. The molecule has 114 valence electrons. The average Bonchev–Trinajstić information content (AvgIpc) is 2.50. The third kappa shape index (κ3) is 8.34. The molecule has 1 unspecified atom stereocenters. The van der Waals surface area contributed by atoms with Gasteiger partial charge >= 0.3 is 0 Å². The molecule has 0 saturated heterocycles. The molecule has 2 heteroatoms. The summed E-state index contributed by atoms with van der Waals surface area (Å²) in [7, 11) is 0. The fourth-order valence-electron chi connectivity index (χ4n) is 2.64. The molecule has 0 bridgehead atoms. The Balaban J connectivity index is 2.04. The Morgan fingerprint density at radius 1 is 0.900 bits per heavy atom. The van der Waals surface area contributed by atoms with Crippen LogP contribution in [-0.2, 0) is 6.42 Å². The Morgan fingerprint density at radius 2 is 1.55 bits per heavy atom. The lowest BCUT2D eigenvalue weighted by Crippen LogP contribution is -2.35. The molecule has 0 radical (unpaired) electrons. The maximum absolute atomic E-state index is 5.67. The van der Waals surface area contributed by atoms with Crippen molar-refractivity contribution in [2.75, 3.05) is 0 Å². The number of nitrogens with two attached hydrogens (primary N) is 1. The Morgan fingerprint density at radius 3 is 2.20 bits per heavy atom. The van der Waals surface area contributed by atoms with Gasteiger partial charge in [-0.1, -0.05) is 82.2 Å². The second-order valence-electron chi connectivity index (χ2n) is 5.80. The lowest BCUT2D eigenvalue weighted by atomic mass is 10.00. The molecule has 0 spiro atoms. The van der Waals surface area contributed by atoms with E-state index in [1.54, 1.807) is 0 Å². The molecule has 0 fully saturated rings. The normalized spacial score (nSPS) is 12.5. The average molecular weight is 276 g/mol. The molecule has 0 heterocycles. The van der Waals surface area contributed by atoms with Gasteiger partial charge in [-0.05, 0) is 24.8 Å². The van der Waals surface area contributed by atoms with Crippen molar-refractivity contribution in [2.45, 2.75) is 77.2 Å². The standard InChI is InChI=1S/C18H32N2/c1-2-3-4-5-6-7-11-14-18(20-19)16-15-17-12-9-8-10-13-17/h8-10,12-13,18,20H,2-7,11,14-16,19H2,1H3. The van der Waals surface area contributed by atoms with Crippen LogP contribution >= 0.6 is 0 Å². The zero-order valence-electron chi connectivity index (χ0n) is 13.1. The molecule has 1 aromatic rings. The summed E-state index contributed by atoms with van der Waals surface area (Å²) in [6, 6.07) is 11.1. The summed E-state index contributed by atoms with van der Waals surface area (Å²) in [5.41, 5.74) is 4.39. The topological polar surface area (TPSA) is 38.0 Å². The number of hydrazine groups is 1. The summed E-state index contributed by atoms with van der Waals surface area (Å²) in [6.07, 6.45) is 13.0. The van der Waals surface area contributed by atoms with Gasteiger partial charge in [0.1, 0.15) is 0 Å². The molecule has 0 aliphatic rings. The molecule has 0 saturated carbocycles. The van der Waals surface area contributed by atoms with Crippen LogP contribution in [0.1, 0.15) is 70.3 Å². The van der Waals surface area contributed by atoms with Gasteiger partial charge in [0.05, 0.1) is 0 Å². The molecule has 0 aliphatic heterocycles. The SMILES string of the molecule is CCCCCCCCCC(CCc1ccccc1)NN. The summed E-state index contributed by atoms with van der Waals surface area (Å²) in [4.78, 5) is 0. The fraction of sp³-hybridized carbons (Fsp3) is 0.667. The van der Waals surface area contributed by atoms with Crippen molar-refractivity contribution in [3.05, 3.63) is 35.9 Å². The van der Waals surface area contributed by atoms with Gasteiger partial charge in [0.2, 0.25) is 0 Å². The van der Waals surface area contributed by atoms with Crippen molar-refractivity contribution >= 4 is 0 Å². The molecule has 1 rings (SSSR count). The van der Waals surface area contributed by atoms with Crippen LogP contribution < -0.4 is 11.3 Å². The maximum atomic E-state index is 5.67. The molecule has 1 aromatic carbocycles. The number of unbranched alkanes of at least 4 members (excludes halogenated alkanes) is 6. The predicted molar refractivity (Wildman–Crippen MR) is 88.5 cm³/mol. The number of nitrogens with one attached hydrogen (secondary N) is 1. The van der Waals surface area contributed by atoms with E-state index < -0.39 is 0 Å². The Bertz CT molecular complexity index is 310. The first kappa shape index (κ1) is 17.2. The van der Waals surface area contributed by atoms with Crippen LogP contribution in [0.5, 0.6) is 0 Å². The summed E-state index contributed by atoms with van der Waals surface area (Å²) in [6.45, 7) is 2.27. The quantitative estimate of drug-likeness (QED) is 0.333. The number of benzene rings is 1. The summed E-state index contributed by atoms with van der Waals surface area (Å²) in [5.74, 6) is 5.67. The van der Waals surface area contributed by atoms with E-state index in [0.717, 1.165) is 12.8 Å². The van der Waals surface area contributed by atoms with Crippen LogP contribution in [0.15, 0.2) is 30.3 Å². The van der Waals surface area contributed by atoms with Gasteiger partial charge in [0, 0.05) is 6.04 Å². The van der Waals surface area contributed by atoms with E-state index in [1.807, 2.05) is 0 Å². The Hall–Kier alpha value is -0.860. The van der Waals surface area contributed by atoms with E-state index in [0.29, 0.717) is 6.04 Å². The number of hydrogen-bond donors (Lipinski definition) is 2. The van der Waals surface area contributed by atoms with E-state index >= 15 is 0 Å². The van der Waals surface area contributed by atoms with Crippen LogP contribution in [0.4, 0.5) is 0 Å². The number of rotatable bonds is 12. The van der Waals surface area contributed by atoms with Crippen LogP contribution in [0.2, 0.25) is 0 Å². The molecule has 0 aliphatic carbocycles. The van der Waals surface area contributed by atoms with E-state index in [2.05, 4.69) is 42.7 Å². The van der Waals surface area contributed by atoms with Crippen molar-refractivity contribution < 1.29 is 0 Å². The number of aryl methyl sites for hydroxylation is 1. The van der Waals surface area contributed by atoms with Crippen molar-refractivity contribution in [2.24, 2.45) is 5.84 Å². The Kier molecular flexibility index (Phi) is 10.3. The zero-order chi connectivity index (χ0) is 14.5. The van der Waals surface area contributed by atoms with E-state index in [4.69, 9.17) is 5.84 Å². The number of hydrogen-bond acceptors (Lipinski definition) is 2. The highest BCUT2D eigenvalue weighted by Gasteiger charge is 2.06. The first-order valence-electron chi connectivity index (χ1n) is 8.37. The third-order valence-corrected chi connectivity index (χ3v) is 4.02. The van der Waals surface area contributed by atoms with Crippen molar-refractivity contribution in [1.29, 1.82) is 0 Å². The molecular weight excluding hydrogens is 244 g/mol. The van der Waals surface area contributed by atoms with Gasteiger partial charge in [0.25, 0.3) is 0 Å². The fourth-order valence-corrected chi connectivity index (χ4v) is 2.64. The summed E-state index contributed by atoms with van der Waals surface area (Å²) >= 11 is 0. The molecule has 0 amide bonds. The van der Waals surface area contributed by atoms with Crippen molar-refractivity contribution in [3.8, 4) is 0 Å². The lowest BCUT2D eigenvalue weighted by Gasteiger charge is -2.15. The first-order valence-corrected chi connectivity index (χ1v) is 8.37. The minimum Gasteiger partial charge on any atom is -0.271 e. The molecule has 20 heavy (non-hydrogen) atoms. The molecular formula is C18H32N2. The summed E-state index contributed by atoms with van der Waals surface area (Å²) < 4.78 is 0. The van der Waals surface area contributed by atoms with Crippen LogP contribution in [0.25, 0.3) is 0 Å². The second kappa shape index (κ2) is 11.9. The second-order valence-corrected chi connectivity index (χ2v) is 5.80. The van der Waals surface area contributed by atoms with Crippen LogP contribution in [-0.4, -0.2) is 6.04 Å². The first-order chi connectivity index (χ1) is 9.86. The van der Waals surface area contributed by atoms with Gasteiger partial charge in [0.15, 0.2) is 0 Å².